The van der Waals surface area contributed by atoms with Gasteiger partial charge in [-0.3, -0.25) is 14.5 Å². The topological polar surface area (TPSA) is 74.6 Å². The number of carbonyl (C=O) groups is 2. The molecule has 0 bridgehead atoms. The molecule has 2 amide bonds. The van der Waals surface area contributed by atoms with E-state index >= 15 is 0 Å². The van der Waals surface area contributed by atoms with E-state index in [2.05, 4.69) is 22.5 Å². The van der Waals surface area contributed by atoms with Crippen LogP contribution in [0, 0.1) is 5.92 Å². The minimum atomic E-state index is -0.248. The number of furan rings is 1. The lowest BCUT2D eigenvalue weighted by atomic mass is 9.87. The summed E-state index contributed by atoms with van der Waals surface area (Å²) in [6, 6.07) is 11.1. The van der Waals surface area contributed by atoms with Crippen molar-refractivity contribution in [2.75, 3.05) is 18.9 Å². The van der Waals surface area contributed by atoms with Crippen molar-refractivity contribution in [3.05, 3.63) is 54.0 Å². The molecule has 2 N–H and O–H groups in total. The summed E-state index contributed by atoms with van der Waals surface area (Å²) in [5, 5.41) is 5.72. The van der Waals surface area contributed by atoms with Crippen molar-refractivity contribution >= 4 is 17.5 Å². The number of hydrogen-bond acceptors (Lipinski definition) is 4. The number of benzene rings is 1. The summed E-state index contributed by atoms with van der Waals surface area (Å²) >= 11 is 0. The number of para-hydroxylation sites is 1. The van der Waals surface area contributed by atoms with Gasteiger partial charge in [-0.15, -0.1) is 0 Å². The average Bonchev–Trinajstić information content (AvgIpc) is 3.20. The first-order chi connectivity index (χ1) is 13.5. The van der Waals surface area contributed by atoms with Crippen LogP contribution in [0.5, 0.6) is 0 Å². The largest absolute Gasteiger partial charge is 0.467 e. The molecule has 2 aromatic rings. The van der Waals surface area contributed by atoms with Gasteiger partial charge in [-0.1, -0.05) is 19.1 Å². The second-order valence-corrected chi connectivity index (χ2v) is 7.68. The summed E-state index contributed by atoms with van der Waals surface area (Å²) in [6.45, 7) is 2.91. The SMILES string of the molecule is CC1CCC(N(C)CC(=O)Nc2ccccc2C(=O)NCc2ccco2)CC1. The molecule has 6 nitrogen and oxygen atoms in total. The summed E-state index contributed by atoms with van der Waals surface area (Å²) < 4.78 is 5.23. The van der Waals surface area contributed by atoms with E-state index in [9.17, 15) is 9.59 Å². The van der Waals surface area contributed by atoms with Crippen LogP contribution < -0.4 is 10.6 Å². The van der Waals surface area contributed by atoms with Crippen LogP contribution >= 0.6 is 0 Å². The van der Waals surface area contributed by atoms with Crippen molar-refractivity contribution in [3.63, 3.8) is 0 Å². The predicted octanol–water partition coefficient (Wildman–Crippen LogP) is 3.66. The summed E-state index contributed by atoms with van der Waals surface area (Å²) in [5.41, 5.74) is 0.965. The molecule has 28 heavy (non-hydrogen) atoms. The Balaban J connectivity index is 1.56. The van der Waals surface area contributed by atoms with E-state index in [1.165, 1.54) is 12.8 Å². The second kappa shape index (κ2) is 9.55. The third-order valence-corrected chi connectivity index (χ3v) is 5.45. The molecule has 1 heterocycles. The number of carbonyl (C=O) groups excluding carboxylic acids is 2. The highest BCUT2D eigenvalue weighted by molar-refractivity contribution is 6.04. The summed E-state index contributed by atoms with van der Waals surface area (Å²) in [4.78, 5) is 27.2. The van der Waals surface area contributed by atoms with Crippen LogP contribution in [0.15, 0.2) is 47.1 Å². The molecule has 1 saturated carbocycles. The van der Waals surface area contributed by atoms with Gasteiger partial charge in [-0.2, -0.15) is 0 Å². The van der Waals surface area contributed by atoms with Gasteiger partial charge < -0.3 is 15.1 Å². The minimum absolute atomic E-state index is 0.104. The maximum atomic E-state index is 12.5. The van der Waals surface area contributed by atoms with Gasteiger partial charge in [0.1, 0.15) is 5.76 Å². The van der Waals surface area contributed by atoms with Crippen molar-refractivity contribution in [2.45, 2.75) is 45.2 Å². The van der Waals surface area contributed by atoms with Crippen molar-refractivity contribution < 1.29 is 14.0 Å². The van der Waals surface area contributed by atoms with Crippen LogP contribution in [-0.2, 0) is 11.3 Å². The van der Waals surface area contributed by atoms with E-state index in [0.717, 1.165) is 18.8 Å². The van der Waals surface area contributed by atoms with Gasteiger partial charge in [-0.25, -0.2) is 0 Å². The zero-order chi connectivity index (χ0) is 19.9. The first-order valence-electron chi connectivity index (χ1n) is 9.92. The van der Waals surface area contributed by atoms with E-state index in [4.69, 9.17) is 4.42 Å². The molecular formula is C22H29N3O3. The van der Waals surface area contributed by atoms with Gasteiger partial charge in [0.25, 0.3) is 5.91 Å². The van der Waals surface area contributed by atoms with E-state index < -0.39 is 0 Å². The van der Waals surface area contributed by atoms with Crippen molar-refractivity contribution in [1.29, 1.82) is 0 Å². The smallest absolute Gasteiger partial charge is 0.253 e. The number of nitrogens with zero attached hydrogens (tertiary/aromatic N) is 1. The third-order valence-electron chi connectivity index (χ3n) is 5.45. The summed E-state index contributed by atoms with van der Waals surface area (Å²) in [7, 11) is 2.00. The fraction of sp³-hybridized carbons (Fsp3) is 0.455. The van der Waals surface area contributed by atoms with Crippen molar-refractivity contribution in [2.24, 2.45) is 5.92 Å². The van der Waals surface area contributed by atoms with Gasteiger partial charge in [-0.05, 0) is 62.9 Å². The maximum absolute atomic E-state index is 12.5. The lowest BCUT2D eigenvalue weighted by Gasteiger charge is -2.33. The highest BCUT2D eigenvalue weighted by Gasteiger charge is 2.23. The Bertz CT molecular complexity index is 780. The fourth-order valence-electron chi connectivity index (χ4n) is 3.69. The van der Waals surface area contributed by atoms with Crippen LogP contribution in [0.2, 0.25) is 0 Å². The van der Waals surface area contributed by atoms with Crippen molar-refractivity contribution in [1.82, 2.24) is 10.2 Å². The van der Waals surface area contributed by atoms with Gasteiger partial charge >= 0.3 is 0 Å². The maximum Gasteiger partial charge on any atom is 0.253 e. The zero-order valence-electron chi connectivity index (χ0n) is 16.6. The summed E-state index contributed by atoms with van der Waals surface area (Å²) in [6.07, 6.45) is 6.27. The summed E-state index contributed by atoms with van der Waals surface area (Å²) in [5.74, 6) is 1.11. The Hall–Kier alpha value is -2.60. The van der Waals surface area contributed by atoms with Crippen LogP contribution in [0.25, 0.3) is 0 Å². The molecule has 0 saturated heterocycles. The molecule has 1 aromatic carbocycles. The first-order valence-corrected chi connectivity index (χ1v) is 9.92. The van der Waals surface area contributed by atoms with E-state index in [-0.39, 0.29) is 11.8 Å². The van der Waals surface area contributed by atoms with E-state index in [0.29, 0.717) is 36.1 Å². The lowest BCUT2D eigenvalue weighted by Crippen LogP contribution is -2.40. The first kappa shape index (κ1) is 20.1. The number of amides is 2. The normalized spacial score (nSPS) is 19.4. The Kier molecular flexibility index (Phi) is 6.87. The van der Waals surface area contributed by atoms with E-state index in [1.807, 2.05) is 13.1 Å². The second-order valence-electron chi connectivity index (χ2n) is 7.68. The van der Waals surface area contributed by atoms with Gasteiger partial charge in [0.2, 0.25) is 5.91 Å². The van der Waals surface area contributed by atoms with Crippen LogP contribution in [0.1, 0.15) is 48.7 Å². The van der Waals surface area contributed by atoms with Crippen LogP contribution in [0.4, 0.5) is 5.69 Å². The van der Waals surface area contributed by atoms with Gasteiger partial charge in [0, 0.05) is 6.04 Å². The molecule has 0 radical (unpaired) electrons. The Labute approximate surface area is 166 Å². The molecule has 0 aliphatic heterocycles. The quantitative estimate of drug-likeness (QED) is 0.765. The molecule has 150 valence electrons. The van der Waals surface area contributed by atoms with Gasteiger partial charge in [0.05, 0.1) is 30.6 Å². The molecule has 0 spiro atoms. The average molecular weight is 383 g/mol. The highest BCUT2D eigenvalue weighted by atomic mass is 16.3. The highest BCUT2D eigenvalue weighted by Crippen LogP contribution is 2.26. The van der Waals surface area contributed by atoms with Gasteiger partial charge in [0.15, 0.2) is 0 Å². The zero-order valence-corrected chi connectivity index (χ0v) is 16.6. The molecular weight excluding hydrogens is 354 g/mol. The number of nitrogens with one attached hydrogen (secondary N) is 2. The van der Waals surface area contributed by atoms with E-state index in [1.54, 1.807) is 36.6 Å². The molecule has 0 atom stereocenters. The standard InChI is InChI=1S/C22H29N3O3/c1-16-9-11-17(12-10-16)25(2)15-21(26)24-20-8-4-3-7-19(20)22(27)23-14-18-6-5-13-28-18/h3-8,13,16-17H,9-12,14-15H2,1-2H3,(H,23,27)(H,24,26). The lowest BCUT2D eigenvalue weighted by molar-refractivity contribution is -0.117. The predicted molar refractivity (Wildman–Crippen MR) is 109 cm³/mol. The number of rotatable bonds is 7. The number of likely N-dealkylation sites (N-methyl/N-ethyl adjacent to an activating group) is 1. The molecule has 3 rings (SSSR count). The van der Waals surface area contributed by atoms with Crippen molar-refractivity contribution in [3.8, 4) is 0 Å². The molecule has 1 aromatic heterocycles. The number of anilines is 1. The Morgan fingerprint density at radius 1 is 1.11 bits per heavy atom. The molecule has 1 fully saturated rings. The Morgan fingerprint density at radius 3 is 2.57 bits per heavy atom. The molecule has 1 aliphatic carbocycles. The third kappa shape index (κ3) is 5.45. The monoisotopic (exact) mass is 383 g/mol. The Morgan fingerprint density at radius 2 is 1.86 bits per heavy atom. The fourth-order valence-corrected chi connectivity index (χ4v) is 3.69. The molecule has 6 heteroatoms. The molecule has 0 unspecified atom stereocenters. The van der Waals surface area contributed by atoms with Crippen LogP contribution in [-0.4, -0.2) is 36.3 Å². The molecule has 1 aliphatic rings. The minimum Gasteiger partial charge on any atom is -0.467 e. The van der Waals surface area contributed by atoms with Crippen LogP contribution in [0.3, 0.4) is 0 Å². The number of hydrogen-bond donors (Lipinski definition) is 2.